The third kappa shape index (κ3) is 4.04. The highest BCUT2D eigenvalue weighted by Crippen LogP contribution is 2.23. The molecule has 2 rings (SSSR count). The maximum absolute atomic E-state index is 13.9. The van der Waals surface area contributed by atoms with Crippen LogP contribution < -0.4 is 10.1 Å². The van der Waals surface area contributed by atoms with Crippen LogP contribution in [0, 0.1) is 5.82 Å². The van der Waals surface area contributed by atoms with E-state index in [0.29, 0.717) is 11.3 Å². The van der Waals surface area contributed by atoms with Crippen molar-refractivity contribution in [3.63, 3.8) is 0 Å². The molecule has 1 aromatic carbocycles. The highest BCUT2D eigenvalue weighted by Gasteiger charge is 2.11. The summed E-state index contributed by atoms with van der Waals surface area (Å²) in [5, 5.41) is 3.35. The van der Waals surface area contributed by atoms with E-state index >= 15 is 0 Å². The summed E-state index contributed by atoms with van der Waals surface area (Å²) in [7, 11) is 1.54. The van der Waals surface area contributed by atoms with Crippen molar-refractivity contribution in [3.8, 4) is 5.75 Å². The first kappa shape index (κ1) is 15.5. The van der Waals surface area contributed by atoms with Gasteiger partial charge in [-0.05, 0) is 47.5 Å². The Bertz CT molecular complexity index is 573. The van der Waals surface area contributed by atoms with E-state index in [4.69, 9.17) is 4.74 Å². The molecule has 1 N–H and O–H groups in total. The van der Waals surface area contributed by atoms with Gasteiger partial charge in [-0.15, -0.1) is 11.3 Å². The Balaban J connectivity index is 1.89. The van der Waals surface area contributed by atoms with Crippen LogP contribution in [0.5, 0.6) is 5.75 Å². The van der Waals surface area contributed by atoms with Crippen LogP contribution in [0.4, 0.5) is 4.39 Å². The van der Waals surface area contributed by atoms with Crippen LogP contribution in [-0.4, -0.2) is 13.7 Å². The normalized spacial score (nSPS) is 12.4. The number of hydrogen-bond acceptors (Lipinski definition) is 3. The number of methoxy groups -OCH3 is 1. The van der Waals surface area contributed by atoms with E-state index in [1.807, 2.05) is 13.0 Å². The molecule has 108 valence electrons. The van der Waals surface area contributed by atoms with Gasteiger partial charge < -0.3 is 10.1 Å². The predicted molar refractivity (Wildman–Crippen MR) is 85.1 cm³/mol. The number of halogens is 2. The fourth-order valence-electron chi connectivity index (χ4n) is 1.99. The minimum Gasteiger partial charge on any atom is -0.497 e. The molecule has 0 bridgehead atoms. The first-order chi connectivity index (χ1) is 9.60. The zero-order valence-electron chi connectivity index (χ0n) is 11.5. The Morgan fingerprint density at radius 2 is 2.15 bits per heavy atom. The van der Waals surface area contributed by atoms with E-state index in [1.54, 1.807) is 23.5 Å². The van der Waals surface area contributed by atoms with E-state index in [0.717, 1.165) is 16.8 Å². The average Bonchev–Trinajstić information content (AvgIpc) is 2.84. The summed E-state index contributed by atoms with van der Waals surface area (Å²) in [6.07, 6.45) is 0.943. The maximum Gasteiger partial charge on any atom is 0.131 e. The molecule has 0 radical (unpaired) electrons. The molecule has 20 heavy (non-hydrogen) atoms. The molecule has 0 saturated heterocycles. The summed E-state index contributed by atoms with van der Waals surface area (Å²) in [6, 6.07) is 9.11. The van der Waals surface area contributed by atoms with Crippen LogP contribution in [0.1, 0.15) is 23.4 Å². The van der Waals surface area contributed by atoms with E-state index in [-0.39, 0.29) is 11.9 Å². The summed E-state index contributed by atoms with van der Waals surface area (Å²) in [6.45, 7) is 2.79. The van der Waals surface area contributed by atoms with Gasteiger partial charge in [-0.25, -0.2) is 4.39 Å². The number of nitrogens with one attached hydrogen (secondary N) is 1. The third-order valence-electron chi connectivity index (χ3n) is 3.12. The Hall–Kier alpha value is -0.910. The lowest BCUT2D eigenvalue weighted by Crippen LogP contribution is -2.22. The van der Waals surface area contributed by atoms with Crippen LogP contribution in [-0.2, 0) is 6.42 Å². The molecule has 5 heteroatoms. The molecule has 2 aromatic rings. The zero-order chi connectivity index (χ0) is 14.5. The van der Waals surface area contributed by atoms with Gasteiger partial charge in [0.15, 0.2) is 0 Å². The minimum absolute atomic E-state index is 0.0238. The lowest BCUT2D eigenvalue weighted by molar-refractivity contribution is 0.409. The molecule has 0 aliphatic rings. The number of hydrogen-bond donors (Lipinski definition) is 1. The Labute approximate surface area is 131 Å². The Morgan fingerprint density at radius 3 is 2.75 bits per heavy atom. The fraction of sp³-hybridized carbons (Fsp3) is 0.333. The highest BCUT2D eigenvalue weighted by atomic mass is 79.9. The molecule has 1 heterocycles. The van der Waals surface area contributed by atoms with Gasteiger partial charge in [-0.1, -0.05) is 6.07 Å². The molecule has 0 aliphatic heterocycles. The molecule has 0 spiro atoms. The average molecular weight is 358 g/mol. The lowest BCUT2D eigenvalue weighted by Gasteiger charge is -2.15. The van der Waals surface area contributed by atoms with Crippen LogP contribution in [0.3, 0.4) is 0 Å². The van der Waals surface area contributed by atoms with Gasteiger partial charge in [-0.3, -0.25) is 0 Å². The Morgan fingerprint density at radius 1 is 1.35 bits per heavy atom. The summed E-state index contributed by atoms with van der Waals surface area (Å²) in [5.41, 5.74) is 0.665. The standard InChI is InChI=1S/C15H17BrFNOS/c1-10(13-5-3-11(19-2)9-14(13)17)18-8-7-12-4-6-15(16)20-12/h3-6,9-10,18H,7-8H2,1-2H3. The predicted octanol–water partition coefficient (Wildman–Crippen LogP) is 4.55. The molecular formula is C15H17BrFNOS. The van der Waals surface area contributed by atoms with E-state index in [9.17, 15) is 4.39 Å². The van der Waals surface area contributed by atoms with Crippen LogP contribution in [0.15, 0.2) is 34.1 Å². The van der Waals surface area contributed by atoms with Crippen molar-refractivity contribution in [2.75, 3.05) is 13.7 Å². The monoisotopic (exact) mass is 357 g/mol. The summed E-state index contributed by atoms with van der Waals surface area (Å²) >= 11 is 5.18. The lowest BCUT2D eigenvalue weighted by atomic mass is 10.1. The SMILES string of the molecule is COc1ccc(C(C)NCCc2ccc(Br)s2)c(F)c1. The van der Waals surface area contributed by atoms with E-state index in [2.05, 4.69) is 27.3 Å². The maximum atomic E-state index is 13.9. The molecule has 1 aromatic heterocycles. The molecule has 1 atom stereocenters. The van der Waals surface area contributed by atoms with Crippen LogP contribution in [0.25, 0.3) is 0 Å². The summed E-state index contributed by atoms with van der Waals surface area (Å²) < 4.78 is 20.1. The number of benzene rings is 1. The van der Waals surface area contributed by atoms with Gasteiger partial charge in [0.05, 0.1) is 10.9 Å². The summed E-state index contributed by atoms with van der Waals surface area (Å²) in [4.78, 5) is 1.31. The first-order valence-electron chi connectivity index (χ1n) is 6.41. The van der Waals surface area contributed by atoms with Crippen molar-refractivity contribution >= 4 is 27.3 Å². The van der Waals surface area contributed by atoms with Crippen molar-refractivity contribution in [1.82, 2.24) is 5.32 Å². The second-order valence-corrected chi connectivity index (χ2v) is 7.07. The molecular weight excluding hydrogens is 341 g/mol. The molecule has 0 aliphatic carbocycles. The van der Waals surface area contributed by atoms with Crippen molar-refractivity contribution in [1.29, 1.82) is 0 Å². The first-order valence-corrected chi connectivity index (χ1v) is 8.02. The van der Waals surface area contributed by atoms with E-state index < -0.39 is 0 Å². The minimum atomic E-state index is -0.233. The topological polar surface area (TPSA) is 21.3 Å². The summed E-state index contributed by atoms with van der Waals surface area (Å²) in [5.74, 6) is 0.310. The third-order valence-corrected chi connectivity index (χ3v) is 4.81. The van der Waals surface area contributed by atoms with Crippen molar-refractivity contribution in [3.05, 3.63) is 50.4 Å². The van der Waals surface area contributed by atoms with Gasteiger partial charge in [0, 0.05) is 29.1 Å². The van der Waals surface area contributed by atoms with Crippen LogP contribution in [0.2, 0.25) is 0 Å². The quantitative estimate of drug-likeness (QED) is 0.818. The highest BCUT2D eigenvalue weighted by molar-refractivity contribution is 9.11. The molecule has 0 saturated carbocycles. The second-order valence-electron chi connectivity index (χ2n) is 4.52. The molecule has 0 amide bonds. The zero-order valence-corrected chi connectivity index (χ0v) is 13.9. The fourth-order valence-corrected chi connectivity index (χ4v) is 3.48. The van der Waals surface area contributed by atoms with Crippen molar-refractivity contribution < 1.29 is 9.13 Å². The van der Waals surface area contributed by atoms with Crippen LogP contribution >= 0.6 is 27.3 Å². The van der Waals surface area contributed by atoms with Gasteiger partial charge >= 0.3 is 0 Å². The number of rotatable bonds is 6. The van der Waals surface area contributed by atoms with Gasteiger partial charge in [0.25, 0.3) is 0 Å². The van der Waals surface area contributed by atoms with Gasteiger partial charge in [-0.2, -0.15) is 0 Å². The molecule has 0 fully saturated rings. The van der Waals surface area contributed by atoms with Crippen molar-refractivity contribution in [2.24, 2.45) is 0 Å². The van der Waals surface area contributed by atoms with E-state index in [1.165, 1.54) is 18.1 Å². The van der Waals surface area contributed by atoms with Gasteiger partial charge in [0.1, 0.15) is 11.6 Å². The second kappa shape index (κ2) is 7.20. The van der Waals surface area contributed by atoms with Gasteiger partial charge in [0.2, 0.25) is 0 Å². The number of thiophene rings is 1. The molecule has 1 unspecified atom stereocenters. The molecule has 2 nitrogen and oxygen atoms in total. The smallest absolute Gasteiger partial charge is 0.131 e. The van der Waals surface area contributed by atoms with Crippen molar-refractivity contribution in [2.45, 2.75) is 19.4 Å². The largest absolute Gasteiger partial charge is 0.497 e. The number of ether oxygens (including phenoxy) is 1. The Kier molecular flexibility index (Phi) is 5.57.